The van der Waals surface area contributed by atoms with Gasteiger partial charge < -0.3 is 28.7 Å². The fraction of sp³-hybridized carbons (Fsp3) is 0.444. The molecule has 4 rings (SSSR count). The molecule has 0 aliphatic carbocycles. The lowest BCUT2D eigenvalue weighted by atomic mass is 9.82. The molecule has 3 aromatic carbocycles. The topological polar surface area (TPSA) is 77.5 Å². The smallest absolute Gasteiger partial charge is 0.228 e. The van der Waals surface area contributed by atoms with Crippen LogP contribution in [0.4, 0.5) is 5.69 Å². The molecule has 1 aliphatic rings. The Balaban J connectivity index is 1.72. The lowest BCUT2D eigenvalue weighted by Gasteiger charge is -2.42. The second-order valence-corrected chi connectivity index (χ2v) is 11.8. The van der Waals surface area contributed by atoms with Gasteiger partial charge in [0, 0.05) is 25.2 Å². The molecule has 44 heavy (non-hydrogen) atoms. The average molecular weight is 603 g/mol. The van der Waals surface area contributed by atoms with E-state index in [2.05, 4.69) is 20.8 Å². The van der Waals surface area contributed by atoms with E-state index in [1.807, 2.05) is 72.5 Å². The van der Waals surface area contributed by atoms with Gasteiger partial charge in [-0.05, 0) is 73.2 Å². The van der Waals surface area contributed by atoms with Gasteiger partial charge in [-0.3, -0.25) is 9.59 Å². The lowest BCUT2D eigenvalue weighted by Crippen LogP contribution is -2.49. The predicted octanol–water partition coefficient (Wildman–Crippen LogP) is 6.98. The predicted molar refractivity (Wildman–Crippen MR) is 173 cm³/mol. The SMILES string of the molecule is CCCN(Cc1ccc(OCC(C)C)c(OC)c1)C(=O)C1CCC(=O)N(c2ccc(C)cc2)C1c1ccc(OC)c(OC)c1. The number of ether oxygens (including phenoxy) is 4. The number of rotatable bonds is 13. The summed E-state index contributed by atoms with van der Waals surface area (Å²) in [5.74, 6) is 2.39. The molecular formula is C36H46N2O6. The number of anilines is 1. The molecule has 0 saturated carbocycles. The number of hydrogen-bond donors (Lipinski definition) is 0. The second-order valence-electron chi connectivity index (χ2n) is 11.8. The number of methoxy groups -OCH3 is 3. The summed E-state index contributed by atoms with van der Waals surface area (Å²) in [6, 6.07) is 18.9. The van der Waals surface area contributed by atoms with Crippen LogP contribution in [0.1, 0.15) is 62.8 Å². The van der Waals surface area contributed by atoms with Crippen LogP contribution in [-0.4, -0.2) is 51.2 Å². The zero-order valence-electron chi connectivity index (χ0n) is 27.1. The van der Waals surface area contributed by atoms with Crippen LogP contribution in [0, 0.1) is 18.8 Å². The van der Waals surface area contributed by atoms with Crippen LogP contribution in [0.2, 0.25) is 0 Å². The molecule has 236 valence electrons. The van der Waals surface area contributed by atoms with E-state index >= 15 is 0 Å². The van der Waals surface area contributed by atoms with Crippen molar-refractivity contribution in [2.45, 2.75) is 59.5 Å². The Morgan fingerprint density at radius 3 is 2.20 bits per heavy atom. The maximum Gasteiger partial charge on any atom is 0.228 e. The van der Waals surface area contributed by atoms with Crippen LogP contribution < -0.4 is 23.8 Å². The molecule has 2 unspecified atom stereocenters. The molecule has 0 bridgehead atoms. The van der Waals surface area contributed by atoms with Crippen molar-refractivity contribution >= 4 is 17.5 Å². The zero-order valence-corrected chi connectivity index (χ0v) is 27.1. The number of carbonyl (C=O) groups is 2. The van der Waals surface area contributed by atoms with Gasteiger partial charge in [-0.25, -0.2) is 0 Å². The number of carbonyl (C=O) groups excluding carboxylic acids is 2. The monoisotopic (exact) mass is 602 g/mol. The molecule has 1 heterocycles. The van der Waals surface area contributed by atoms with Crippen molar-refractivity contribution in [1.29, 1.82) is 0 Å². The van der Waals surface area contributed by atoms with Gasteiger partial charge in [-0.1, -0.05) is 50.6 Å². The first-order chi connectivity index (χ1) is 21.2. The van der Waals surface area contributed by atoms with Crippen LogP contribution in [0.3, 0.4) is 0 Å². The second kappa shape index (κ2) is 15.0. The summed E-state index contributed by atoms with van der Waals surface area (Å²) < 4.78 is 22.7. The maximum absolute atomic E-state index is 14.6. The Hall–Kier alpha value is -4.20. The number of benzene rings is 3. The third kappa shape index (κ3) is 7.47. The molecule has 1 aliphatic heterocycles. The van der Waals surface area contributed by atoms with Crippen molar-refractivity contribution in [2.75, 3.05) is 39.4 Å². The lowest BCUT2D eigenvalue weighted by molar-refractivity contribution is -0.139. The first-order valence-corrected chi connectivity index (χ1v) is 15.4. The van der Waals surface area contributed by atoms with Gasteiger partial charge in [-0.2, -0.15) is 0 Å². The van der Waals surface area contributed by atoms with E-state index in [9.17, 15) is 9.59 Å². The molecule has 0 radical (unpaired) electrons. The molecule has 0 N–H and O–H groups in total. The van der Waals surface area contributed by atoms with E-state index in [0.717, 1.165) is 28.8 Å². The minimum absolute atomic E-state index is 0.00958. The molecular weight excluding hydrogens is 556 g/mol. The highest BCUT2D eigenvalue weighted by molar-refractivity contribution is 5.97. The summed E-state index contributed by atoms with van der Waals surface area (Å²) in [7, 11) is 4.81. The quantitative estimate of drug-likeness (QED) is 0.210. The van der Waals surface area contributed by atoms with Crippen LogP contribution >= 0.6 is 0 Å². The maximum atomic E-state index is 14.6. The summed E-state index contributed by atoms with van der Waals surface area (Å²) in [6.07, 6.45) is 1.53. The van der Waals surface area contributed by atoms with E-state index in [1.165, 1.54) is 0 Å². The fourth-order valence-electron chi connectivity index (χ4n) is 5.76. The van der Waals surface area contributed by atoms with Crippen LogP contribution in [0.5, 0.6) is 23.0 Å². The normalized spacial score (nSPS) is 16.5. The van der Waals surface area contributed by atoms with Crippen molar-refractivity contribution in [3.8, 4) is 23.0 Å². The standard InChI is InChI=1S/C36H46N2O6/c1-8-19-37(22-26-11-16-31(32(20-26)42-6)44-23-24(2)3)36(40)29-15-18-34(39)38(28-13-9-25(4)10-14-28)35(29)27-12-17-30(41-5)33(21-27)43-7/h9-14,16-17,20-21,24,29,35H,8,15,18-19,22-23H2,1-7H3. The number of amides is 2. The molecule has 8 heteroatoms. The molecule has 2 amide bonds. The third-order valence-electron chi connectivity index (χ3n) is 7.95. The van der Waals surface area contributed by atoms with Crippen molar-refractivity contribution in [3.63, 3.8) is 0 Å². The van der Waals surface area contributed by atoms with Crippen molar-refractivity contribution in [2.24, 2.45) is 11.8 Å². The summed E-state index contributed by atoms with van der Waals surface area (Å²) in [4.78, 5) is 31.9. The summed E-state index contributed by atoms with van der Waals surface area (Å²) in [5.41, 5.74) is 3.63. The Kier molecular flexibility index (Phi) is 11.1. The fourth-order valence-corrected chi connectivity index (χ4v) is 5.76. The van der Waals surface area contributed by atoms with Crippen LogP contribution in [0.15, 0.2) is 60.7 Å². The van der Waals surface area contributed by atoms with Gasteiger partial charge in [0.25, 0.3) is 0 Å². The van der Waals surface area contributed by atoms with Gasteiger partial charge in [0.1, 0.15) is 0 Å². The third-order valence-corrected chi connectivity index (χ3v) is 7.95. The number of aryl methyl sites for hydroxylation is 1. The average Bonchev–Trinajstić information content (AvgIpc) is 3.03. The van der Waals surface area contributed by atoms with E-state index in [-0.39, 0.29) is 18.2 Å². The first kappa shape index (κ1) is 32.7. The molecule has 2 atom stereocenters. The highest BCUT2D eigenvalue weighted by Crippen LogP contribution is 2.43. The van der Waals surface area contributed by atoms with Crippen molar-refractivity contribution in [1.82, 2.24) is 4.90 Å². The van der Waals surface area contributed by atoms with Crippen LogP contribution in [0.25, 0.3) is 0 Å². The molecule has 1 fully saturated rings. The largest absolute Gasteiger partial charge is 0.493 e. The van der Waals surface area contributed by atoms with Crippen LogP contribution in [-0.2, 0) is 16.1 Å². The van der Waals surface area contributed by atoms with Gasteiger partial charge >= 0.3 is 0 Å². The number of nitrogens with zero attached hydrogens (tertiary/aromatic N) is 2. The van der Waals surface area contributed by atoms with Crippen molar-refractivity contribution < 1.29 is 28.5 Å². The molecule has 3 aromatic rings. The zero-order chi connectivity index (χ0) is 31.8. The Morgan fingerprint density at radius 2 is 1.57 bits per heavy atom. The minimum atomic E-state index is -0.521. The molecule has 0 spiro atoms. The van der Waals surface area contributed by atoms with E-state index in [1.54, 1.807) is 26.2 Å². The van der Waals surface area contributed by atoms with E-state index in [4.69, 9.17) is 18.9 Å². The molecule has 8 nitrogen and oxygen atoms in total. The van der Waals surface area contributed by atoms with Gasteiger partial charge in [0.05, 0.1) is 39.9 Å². The Bertz CT molecular complexity index is 1420. The summed E-state index contributed by atoms with van der Waals surface area (Å²) in [6.45, 7) is 9.87. The Labute approximate surface area is 261 Å². The highest BCUT2D eigenvalue weighted by atomic mass is 16.5. The number of piperidine rings is 1. The Morgan fingerprint density at radius 1 is 0.909 bits per heavy atom. The van der Waals surface area contributed by atoms with E-state index < -0.39 is 12.0 Å². The van der Waals surface area contributed by atoms with Gasteiger partial charge in [0.2, 0.25) is 11.8 Å². The molecule has 0 aromatic heterocycles. The summed E-state index contributed by atoms with van der Waals surface area (Å²) in [5, 5.41) is 0. The first-order valence-electron chi connectivity index (χ1n) is 15.4. The molecule has 1 saturated heterocycles. The highest BCUT2D eigenvalue weighted by Gasteiger charge is 2.43. The van der Waals surface area contributed by atoms with Gasteiger partial charge in [-0.15, -0.1) is 0 Å². The summed E-state index contributed by atoms with van der Waals surface area (Å²) >= 11 is 0. The number of hydrogen-bond acceptors (Lipinski definition) is 6. The minimum Gasteiger partial charge on any atom is -0.493 e. The van der Waals surface area contributed by atoms with E-state index in [0.29, 0.717) is 55.0 Å². The van der Waals surface area contributed by atoms with Crippen molar-refractivity contribution in [3.05, 3.63) is 77.4 Å². The van der Waals surface area contributed by atoms with Gasteiger partial charge in [0.15, 0.2) is 23.0 Å².